The van der Waals surface area contributed by atoms with Crippen LogP contribution in [-0.4, -0.2) is 36.6 Å². The van der Waals surface area contributed by atoms with Crippen molar-refractivity contribution < 1.29 is 14.3 Å². The molecule has 0 saturated heterocycles. The second-order valence-corrected chi connectivity index (χ2v) is 3.87. The van der Waals surface area contributed by atoms with Crippen molar-refractivity contribution in [2.24, 2.45) is 0 Å². The van der Waals surface area contributed by atoms with E-state index in [0.29, 0.717) is 11.5 Å². The Hall–Kier alpha value is -2.73. The van der Waals surface area contributed by atoms with Gasteiger partial charge in [0.1, 0.15) is 19.7 Å². The molecule has 1 atom stereocenters. The van der Waals surface area contributed by atoms with E-state index in [1.165, 1.54) is 0 Å². The van der Waals surface area contributed by atoms with Gasteiger partial charge in [0.25, 0.3) is 5.91 Å². The number of carbonyl (C=O) groups excluding carboxylic acids is 1. The number of amides is 1. The van der Waals surface area contributed by atoms with Crippen molar-refractivity contribution in [2.75, 3.05) is 19.7 Å². The second-order valence-electron chi connectivity index (χ2n) is 3.87. The largest absolute Gasteiger partial charge is 0.485 e. The maximum atomic E-state index is 12.1. The lowest BCUT2D eigenvalue weighted by Crippen LogP contribution is -2.46. The second kappa shape index (κ2) is 5.74. The van der Waals surface area contributed by atoms with Gasteiger partial charge in [0.2, 0.25) is 6.10 Å². The zero-order chi connectivity index (χ0) is 13.7. The molecule has 1 aliphatic rings. The highest BCUT2D eigenvalue weighted by molar-refractivity contribution is 5.82. The van der Waals surface area contributed by atoms with Gasteiger partial charge in [-0.25, -0.2) is 0 Å². The fourth-order valence-electron chi connectivity index (χ4n) is 1.73. The Labute approximate surface area is 110 Å². The molecule has 0 bridgehead atoms. The zero-order valence-electron chi connectivity index (χ0n) is 10.1. The minimum atomic E-state index is -0.823. The van der Waals surface area contributed by atoms with Crippen LogP contribution in [0.1, 0.15) is 0 Å². The number of carbonyl (C=O) groups is 1. The summed E-state index contributed by atoms with van der Waals surface area (Å²) < 4.78 is 11.0. The van der Waals surface area contributed by atoms with Crippen molar-refractivity contribution in [3.63, 3.8) is 0 Å². The number of rotatable bonds is 3. The van der Waals surface area contributed by atoms with Crippen molar-refractivity contribution in [3.8, 4) is 23.6 Å². The maximum Gasteiger partial charge on any atom is 0.268 e. The summed E-state index contributed by atoms with van der Waals surface area (Å²) in [6.07, 6.45) is -0.823. The van der Waals surface area contributed by atoms with Crippen LogP contribution in [0.4, 0.5) is 0 Å². The number of fused-ring (bicyclic) bond motifs is 1. The quantitative estimate of drug-likeness (QED) is 0.744. The third-order valence-electron chi connectivity index (χ3n) is 2.62. The van der Waals surface area contributed by atoms with E-state index in [4.69, 9.17) is 20.0 Å². The maximum absolute atomic E-state index is 12.1. The van der Waals surface area contributed by atoms with E-state index < -0.39 is 12.0 Å². The molecular weight excluding hydrogens is 246 g/mol. The molecular formula is C13H11N3O3. The Morgan fingerprint density at radius 3 is 2.53 bits per heavy atom. The minimum absolute atomic E-state index is 0.0726. The van der Waals surface area contributed by atoms with Gasteiger partial charge in [-0.1, -0.05) is 12.1 Å². The first kappa shape index (κ1) is 12.7. The van der Waals surface area contributed by atoms with Crippen LogP contribution >= 0.6 is 0 Å². The number of hydrogen-bond donors (Lipinski definition) is 0. The molecule has 96 valence electrons. The van der Waals surface area contributed by atoms with Crippen LogP contribution in [0.2, 0.25) is 0 Å². The molecule has 0 fully saturated rings. The highest BCUT2D eigenvalue weighted by Crippen LogP contribution is 2.31. The van der Waals surface area contributed by atoms with E-state index in [9.17, 15) is 4.79 Å². The monoisotopic (exact) mass is 257 g/mol. The molecule has 1 heterocycles. The van der Waals surface area contributed by atoms with Gasteiger partial charge in [-0.15, -0.1) is 0 Å². The van der Waals surface area contributed by atoms with Crippen LogP contribution < -0.4 is 9.47 Å². The minimum Gasteiger partial charge on any atom is -0.485 e. The molecule has 2 rings (SSSR count). The molecule has 0 spiro atoms. The zero-order valence-corrected chi connectivity index (χ0v) is 10.1. The smallest absolute Gasteiger partial charge is 0.268 e. The molecule has 1 aromatic carbocycles. The average Bonchev–Trinajstić information content (AvgIpc) is 2.46. The predicted octanol–water partition coefficient (Wildman–Crippen LogP) is 0.702. The number of hydrogen-bond acceptors (Lipinski definition) is 5. The predicted molar refractivity (Wildman–Crippen MR) is 64.2 cm³/mol. The molecule has 0 N–H and O–H groups in total. The number of para-hydroxylation sites is 2. The van der Waals surface area contributed by atoms with E-state index in [2.05, 4.69) is 0 Å². The van der Waals surface area contributed by atoms with Crippen LogP contribution in [0, 0.1) is 22.7 Å². The average molecular weight is 257 g/mol. The summed E-state index contributed by atoms with van der Waals surface area (Å²) in [5.41, 5.74) is 0. The standard InChI is InChI=1S/C13H11N3O3/c14-5-7-16(8-6-15)13(17)12-9-18-10-3-1-2-4-11(10)19-12/h1-4,12H,7-9H2. The highest BCUT2D eigenvalue weighted by Gasteiger charge is 2.30. The topological polar surface area (TPSA) is 86.4 Å². The molecule has 1 unspecified atom stereocenters. The van der Waals surface area contributed by atoms with Gasteiger partial charge in [0.15, 0.2) is 11.5 Å². The molecule has 1 aliphatic heterocycles. The van der Waals surface area contributed by atoms with Crippen LogP contribution in [0.15, 0.2) is 24.3 Å². The van der Waals surface area contributed by atoms with Crippen LogP contribution in [0.25, 0.3) is 0 Å². The lowest BCUT2D eigenvalue weighted by molar-refractivity contribution is -0.140. The van der Waals surface area contributed by atoms with Crippen molar-refractivity contribution >= 4 is 5.91 Å². The van der Waals surface area contributed by atoms with Gasteiger partial charge in [-0.3, -0.25) is 4.79 Å². The number of nitrogens with zero attached hydrogens (tertiary/aromatic N) is 3. The summed E-state index contributed by atoms with van der Waals surface area (Å²) >= 11 is 0. The summed E-state index contributed by atoms with van der Waals surface area (Å²) in [5.74, 6) is 0.650. The van der Waals surface area contributed by atoms with Gasteiger partial charge >= 0.3 is 0 Å². The summed E-state index contributed by atoms with van der Waals surface area (Å²) in [7, 11) is 0. The summed E-state index contributed by atoms with van der Waals surface area (Å²) in [5, 5.41) is 17.3. The van der Waals surface area contributed by atoms with E-state index >= 15 is 0 Å². The van der Waals surface area contributed by atoms with Crippen molar-refractivity contribution in [3.05, 3.63) is 24.3 Å². The van der Waals surface area contributed by atoms with Crippen LogP contribution in [-0.2, 0) is 4.79 Å². The van der Waals surface area contributed by atoms with Gasteiger partial charge in [-0.05, 0) is 12.1 Å². The Morgan fingerprint density at radius 1 is 1.26 bits per heavy atom. The van der Waals surface area contributed by atoms with E-state index in [0.717, 1.165) is 4.90 Å². The summed E-state index contributed by atoms with van der Waals surface area (Å²) in [6.45, 7) is -0.217. The first-order valence-electron chi connectivity index (χ1n) is 5.67. The Balaban J connectivity index is 2.10. The van der Waals surface area contributed by atoms with E-state index in [1.807, 2.05) is 18.2 Å². The van der Waals surface area contributed by atoms with Crippen LogP contribution in [0.3, 0.4) is 0 Å². The molecule has 19 heavy (non-hydrogen) atoms. The van der Waals surface area contributed by atoms with Gasteiger partial charge < -0.3 is 14.4 Å². The molecule has 6 nitrogen and oxygen atoms in total. The molecule has 0 saturated carbocycles. The molecule has 1 aromatic rings. The van der Waals surface area contributed by atoms with Gasteiger partial charge in [0.05, 0.1) is 12.1 Å². The van der Waals surface area contributed by atoms with Crippen molar-refractivity contribution in [2.45, 2.75) is 6.10 Å². The number of benzene rings is 1. The SMILES string of the molecule is N#CCN(CC#N)C(=O)C1COc2ccccc2O1. The highest BCUT2D eigenvalue weighted by atomic mass is 16.6. The van der Waals surface area contributed by atoms with E-state index in [1.54, 1.807) is 18.2 Å². The fraction of sp³-hybridized carbons (Fsp3) is 0.308. The Morgan fingerprint density at radius 2 is 1.89 bits per heavy atom. The van der Waals surface area contributed by atoms with Gasteiger partial charge in [0, 0.05) is 0 Å². The third-order valence-corrected chi connectivity index (χ3v) is 2.62. The summed E-state index contributed by atoms with van der Waals surface area (Å²) in [4.78, 5) is 13.2. The Kier molecular flexibility index (Phi) is 3.84. The third kappa shape index (κ3) is 2.75. The number of nitriles is 2. The normalized spacial score (nSPS) is 16.0. The molecule has 0 radical (unpaired) electrons. The fourth-order valence-corrected chi connectivity index (χ4v) is 1.73. The lowest BCUT2D eigenvalue weighted by atomic mass is 10.2. The number of ether oxygens (including phenoxy) is 2. The first-order chi connectivity index (χ1) is 9.26. The Bertz CT molecular complexity index is 543. The molecule has 0 aliphatic carbocycles. The van der Waals surface area contributed by atoms with Crippen LogP contribution in [0.5, 0.6) is 11.5 Å². The lowest BCUT2D eigenvalue weighted by Gasteiger charge is -2.28. The van der Waals surface area contributed by atoms with Crippen molar-refractivity contribution in [1.29, 1.82) is 10.5 Å². The first-order valence-corrected chi connectivity index (χ1v) is 5.67. The van der Waals surface area contributed by atoms with E-state index in [-0.39, 0.29) is 19.7 Å². The van der Waals surface area contributed by atoms with Crippen molar-refractivity contribution in [1.82, 2.24) is 4.90 Å². The summed E-state index contributed by atoms with van der Waals surface area (Å²) in [6, 6.07) is 10.7. The molecule has 0 aromatic heterocycles. The van der Waals surface area contributed by atoms with Gasteiger partial charge in [-0.2, -0.15) is 10.5 Å². The molecule has 6 heteroatoms. The molecule has 1 amide bonds.